The van der Waals surface area contributed by atoms with Gasteiger partial charge in [-0.1, -0.05) is 23.8 Å². The quantitative estimate of drug-likeness (QED) is 0.411. The summed E-state index contributed by atoms with van der Waals surface area (Å²) >= 11 is 1.60. The van der Waals surface area contributed by atoms with Crippen LogP contribution in [0.5, 0.6) is 0 Å². The van der Waals surface area contributed by atoms with Crippen LogP contribution in [0.4, 0.5) is 5.69 Å². The summed E-state index contributed by atoms with van der Waals surface area (Å²) < 4.78 is 6.19. The number of aromatic nitrogens is 2. The molecule has 1 amide bonds. The first-order valence-electron chi connectivity index (χ1n) is 11.5. The number of nitrogens with zero attached hydrogens (tertiary/aromatic N) is 2. The average molecular weight is 488 g/mol. The maximum Gasteiger partial charge on any atom is 0.337 e. The van der Waals surface area contributed by atoms with E-state index >= 15 is 0 Å². The second-order valence-electron chi connectivity index (χ2n) is 8.70. The minimum atomic E-state index is -0.448. The van der Waals surface area contributed by atoms with E-state index in [1.807, 2.05) is 31.2 Å². The van der Waals surface area contributed by atoms with Crippen LogP contribution in [0.15, 0.2) is 53.3 Å². The van der Waals surface area contributed by atoms with Crippen molar-refractivity contribution in [3.8, 4) is 11.4 Å². The van der Waals surface area contributed by atoms with Gasteiger partial charge in [-0.15, -0.1) is 11.3 Å². The smallest absolute Gasteiger partial charge is 0.337 e. The van der Waals surface area contributed by atoms with E-state index in [4.69, 9.17) is 9.72 Å². The number of hydrogen-bond donors (Lipinski definition) is 1. The molecule has 35 heavy (non-hydrogen) atoms. The Morgan fingerprint density at radius 1 is 1.11 bits per heavy atom. The van der Waals surface area contributed by atoms with Gasteiger partial charge < -0.3 is 10.1 Å². The molecule has 2 heterocycles. The van der Waals surface area contributed by atoms with Crippen LogP contribution in [0.1, 0.15) is 39.2 Å². The maximum atomic E-state index is 13.8. The lowest BCUT2D eigenvalue weighted by molar-refractivity contribution is -0.116. The maximum absolute atomic E-state index is 13.8. The number of nitrogens with one attached hydrogen (secondary N) is 1. The third kappa shape index (κ3) is 4.49. The molecular weight excluding hydrogens is 462 g/mol. The van der Waals surface area contributed by atoms with Gasteiger partial charge in [0.2, 0.25) is 5.91 Å². The van der Waals surface area contributed by atoms with E-state index in [9.17, 15) is 14.4 Å². The second-order valence-corrected chi connectivity index (χ2v) is 9.79. The number of anilines is 1. The van der Waals surface area contributed by atoms with Gasteiger partial charge in [0.1, 0.15) is 17.2 Å². The highest BCUT2D eigenvalue weighted by Crippen LogP contribution is 2.35. The van der Waals surface area contributed by atoms with Crippen molar-refractivity contribution in [3.63, 3.8) is 0 Å². The van der Waals surface area contributed by atoms with Crippen molar-refractivity contribution in [1.29, 1.82) is 0 Å². The Labute approximate surface area is 206 Å². The van der Waals surface area contributed by atoms with Gasteiger partial charge in [0.05, 0.1) is 18.1 Å². The first kappa shape index (κ1) is 23.0. The highest BCUT2D eigenvalue weighted by atomic mass is 32.1. The molecule has 5 rings (SSSR count). The minimum Gasteiger partial charge on any atom is -0.465 e. The molecule has 2 aromatic carbocycles. The summed E-state index contributed by atoms with van der Waals surface area (Å²) in [7, 11) is 1.32. The zero-order chi connectivity index (χ0) is 24.5. The lowest BCUT2D eigenvalue weighted by atomic mass is 9.97. The summed E-state index contributed by atoms with van der Waals surface area (Å²) in [4.78, 5) is 45.4. The zero-order valence-corrected chi connectivity index (χ0v) is 20.4. The average Bonchev–Trinajstić information content (AvgIpc) is 3.24. The Morgan fingerprint density at radius 2 is 1.89 bits per heavy atom. The lowest BCUT2D eigenvalue weighted by Crippen LogP contribution is -2.30. The SMILES string of the molecule is COC(=O)c1ccc(NC(=O)Cn2c(-c3cccc(C)c3)nc3sc4c(c3c2=O)CCCC4)cc1. The molecule has 0 fully saturated rings. The van der Waals surface area contributed by atoms with Crippen LogP contribution >= 0.6 is 11.3 Å². The summed E-state index contributed by atoms with van der Waals surface area (Å²) in [6.45, 7) is 1.81. The van der Waals surface area contributed by atoms with Crippen LogP contribution in [0.2, 0.25) is 0 Å². The van der Waals surface area contributed by atoms with E-state index in [-0.39, 0.29) is 18.0 Å². The van der Waals surface area contributed by atoms with Crippen LogP contribution < -0.4 is 10.9 Å². The third-order valence-corrected chi connectivity index (χ3v) is 7.43. The van der Waals surface area contributed by atoms with Crippen LogP contribution in [0.25, 0.3) is 21.6 Å². The molecular formula is C27H25N3O4S. The van der Waals surface area contributed by atoms with Crippen LogP contribution in [-0.2, 0) is 28.9 Å². The van der Waals surface area contributed by atoms with Crippen molar-refractivity contribution in [1.82, 2.24) is 9.55 Å². The van der Waals surface area contributed by atoms with Crippen molar-refractivity contribution >= 4 is 39.1 Å². The molecule has 0 aliphatic heterocycles. The Bertz CT molecular complexity index is 1500. The number of carbonyl (C=O) groups is 2. The topological polar surface area (TPSA) is 90.3 Å². The Hall–Kier alpha value is -3.78. The van der Waals surface area contributed by atoms with E-state index in [1.54, 1.807) is 35.6 Å². The number of ether oxygens (including phenoxy) is 1. The molecule has 0 atom stereocenters. The monoisotopic (exact) mass is 487 g/mol. The number of benzene rings is 2. The van der Waals surface area contributed by atoms with Crippen LogP contribution in [0, 0.1) is 6.92 Å². The fourth-order valence-corrected chi connectivity index (χ4v) is 5.79. The molecule has 0 saturated carbocycles. The lowest BCUT2D eigenvalue weighted by Gasteiger charge is -2.14. The molecule has 1 N–H and O–H groups in total. The molecule has 7 nitrogen and oxygen atoms in total. The molecule has 1 aliphatic rings. The Morgan fingerprint density at radius 3 is 2.63 bits per heavy atom. The molecule has 1 aliphatic carbocycles. The number of carbonyl (C=O) groups excluding carboxylic acids is 2. The number of methoxy groups -OCH3 is 1. The molecule has 8 heteroatoms. The predicted molar refractivity (Wildman–Crippen MR) is 137 cm³/mol. The Kier molecular flexibility index (Phi) is 6.21. The van der Waals surface area contributed by atoms with E-state index in [1.165, 1.54) is 16.6 Å². The molecule has 0 radical (unpaired) electrons. The molecule has 0 saturated heterocycles. The fraction of sp³-hybridized carbons (Fsp3) is 0.259. The molecule has 4 aromatic rings. The number of thiophene rings is 1. The van der Waals surface area contributed by atoms with Crippen molar-refractivity contribution in [3.05, 3.63) is 80.5 Å². The Balaban J connectivity index is 1.54. The van der Waals surface area contributed by atoms with Gasteiger partial charge in [0.15, 0.2) is 0 Å². The van der Waals surface area contributed by atoms with E-state index in [0.29, 0.717) is 22.5 Å². The van der Waals surface area contributed by atoms with Crippen molar-refractivity contribution < 1.29 is 14.3 Å². The summed E-state index contributed by atoms with van der Waals surface area (Å²) in [6.07, 6.45) is 4.02. The standard InChI is InChI=1S/C27H25N3O4S/c1-16-6-5-7-18(14-16)24-29-25-23(20-8-3-4-9-21(20)35-25)26(32)30(24)15-22(31)28-19-12-10-17(11-13-19)27(33)34-2/h5-7,10-14H,3-4,8-9,15H2,1-2H3,(H,28,31). The zero-order valence-electron chi connectivity index (χ0n) is 19.6. The highest BCUT2D eigenvalue weighted by molar-refractivity contribution is 7.18. The summed E-state index contributed by atoms with van der Waals surface area (Å²) in [5.41, 5.74) is 3.67. The van der Waals surface area contributed by atoms with Gasteiger partial charge >= 0.3 is 5.97 Å². The van der Waals surface area contributed by atoms with Gasteiger partial charge in [-0.2, -0.15) is 0 Å². The number of fused-ring (bicyclic) bond motifs is 3. The molecule has 0 bridgehead atoms. The van der Waals surface area contributed by atoms with Crippen LogP contribution in [0.3, 0.4) is 0 Å². The van der Waals surface area contributed by atoms with Crippen molar-refractivity contribution in [2.24, 2.45) is 0 Å². The number of aryl methyl sites for hydroxylation is 3. The van der Waals surface area contributed by atoms with Gasteiger partial charge in [-0.05, 0) is 68.5 Å². The summed E-state index contributed by atoms with van der Waals surface area (Å²) in [6, 6.07) is 14.2. The van der Waals surface area contributed by atoms with Crippen molar-refractivity contribution in [2.45, 2.75) is 39.2 Å². The molecule has 0 unspecified atom stereocenters. The molecule has 178 valence electrons. The van der Waals surface area contributed by atoms with Gasteiger partial charge in [0, 0.05) is 16.1 Å². The number of hydrogen-bond acceptors (Lipinski definition) is 6. The van der Waals surface area contributed by atoms with E-state index in [2.05, 4.69) is 5.32 Å². The summed E-state index contributed by atoms with van der Waals surface area (Å²) in [5.74, 6) is -0.311. The highest BCUT2D eigenvalue weighted by Gasteiger charge is 2.23. The second kappa shape index (κ2) is 9.46. The number of amides is 1. The predicted octanol–water partition coefficient (Wildman–Crippen LogP) is 4.74. The normalized spacial score (nSPS) is 12.9. The van der Waals surface area contributed by atoms with Gasteiger partial charge in [-0.3, -0.25) is 14.2 Å². The number of rotatable bonds is 5. The van der Waals surface area contributed by atoms with E-state index in [0.717, 1.165) is 47.2 Å². The third-order valence-electron chi connectivity index (χ3n) is 6.24. The largest absolute Gasteiger partial charge is 0.465 e. The number of esters is 1. The van der Waals surface area contributed by atoms with Crippen LogP contribution in [-0.4, -0.2) is 28.5 Å². The molecule has 0 spiro atoms. The first-order valence-corrected chi connectivity index (χ1v) is 12.4. The summed E-state index contributed by atoms with van der Waals surface area (Å²) in [5, 5.41) is 3.47. The fourth-order valence-electron chi connectivity index (χ4n) is 4.54. The van der Waals surface area contributed by atoms with Crippen molar-refractivity contribution in [2.75, 3.05) is 12.4 Å². The minimum absolute atomic E-state index is 0.172. The van der Waals surface area contributed by atoms with Gasteiger partial charge in [0.25, 0.3) is 5.56 Å². The van der Waals surface area contributed by atoms with Gasteiger partial charge in [-0.25, -0.2) is 9.78 Å². The first-order chi connectivity index (χ1) is 16.9. The molecule has 2 aromatic heterocycles. The van der Waals surface area contributed by atoms with E-state index < -0.39 is 5.97 Å².